The Balaban J connectivity index is 2.36. The molecule has 1 aromatic carbocycles. The van der Waals surface area contributed by atoms with Crippen molar-refractivity contribution >= 4 is 27.5 Å². The Morgan fingerprint density at radius 2 is 2.09 bits per heavy atom. The number of sulfonamides is 1. The van der Waals surface area contributed by atoms with Crippen molar-refractivity contribution in [3.63, 3.8) is 0 Å². The lowest BCUT2D eigenvalue weighted by Gasteiger charge is -2.24. The average molecular weight is 360 g/mol. The van der Waals surface area contributed by atoms with Crippen molar-refractivity contribution in [2.24, 2.45) is 5.73 Å². The van der Waals surface area contributed by atoms with E-state index in [0.29, 0.717) is 11.4 Å². The molecule has 0 aliphatic carbocycles. The maximum absolute atomic E-state index is 12.9. The van der Waals surface area contributed by atoms with Gasteiger partial charge in [-0.2, -0.15) is 4.31 Å². The minimum Gasteiger partial charge on any atom is -0.353 e. The maximum Gasteiger partial charge on any atom is 0.243 e. The molecule has 2 atom stereocenters. The zero-order valence-electron chi connectivity index (χ0n) is 13.4. The first-order valence-corrected chi connectivity index (χ1v) is 9.28. The molecule has 1 heterocycles. The third kappa shape index (κ3) is 3.85. The minimum absolute atomic E-state index is 0.0716. The first kappa shape index (κ1) is 18.2. The molecular formula is C15H22ClN3O3S. The number of amides is 1. The van der Waals surface area contributed by atoms with Gasteiger partial charge in [0.25, 0.3) is 0 Å². The summed E-state index contributed by atoms with van der Waals surface area (Å²) in [4.78, 5) is 12.4. The van der Waals surface area contributed by atoms with Crippen LogP contribution in [-0.4, -0.2) is 43.3 Å². The van der Waals surface area contributed by atoms with E-state index in [4.69, 9.17) is 17.3 Å². The van der Waals surface area contributed by atoms with Gasteiger partial charge in [-0.1, -0.05) is 17.7 Å². The van der Waals surface area contributed by atoms with E-state index >= 15 is 0 Å². The number of carbonyl (C=O) groups excluding carboxylic acids is 1. The highest BCUT2D eigenvalue weighted by Crippen LogP contribution is 2.28. The van der Waals surface area contributed by atoms with Crippen LogP contribution in [-0.2, 0) is 14.8 Å². The Morgan fingerprint density at radius 3 is 2.65 bits per heavy atom. The van der Waals surface area contributed by atoms with Gasteiger partial charge in [0.15, 0.2) is 0 Å². The second-order valence-electron chi connectivity index (χ2n) is 6.16. The highest BCUT2D eigenvalue weighted by molar-refractivity contribution is 7.89. The zero-order chi connectivity index (χ0) is 17.4. The molecule has 23 heavy (non-hydrogen) atoms. The van der Waals surface area contributed by atoms with Crippen molar-refractivity contribution in [2.45, 2.75) is 50.2 Å². The quantitative estimate of drug-likeness (QED) is 0.846. The first-order valence-electron chi connectivity index (χ1n) is 7.47. The highest BCUT2D eigenvalue weighted by Gasteiger charge is 2.42. The summed E-state index contributed by atoms with van der Waals surface area (Å²) in [5.41, 5.74) is 6.69. The summed E-state index contributed by atoms with van der Waals surface area (Å²) in [5.74, 6) is -0.324. The number of rotatable bonds is 4. The largest absolute Gasteiger partial charge is 0.353 e. The fraction of sp³-hybridized carbons (Fsp3) is 0.533. The lowest BCUT2D eigenvalue weighted by Crippen LogP contribution is -2.47. The molecule has 1 fully saturated rings. The molecule has 2 unspecified atom stereocenters. The second kappa shape index (κ2) is 6.76. The summed E-state index contributed by atoms with van der Waals surface area (Å²) < 4.78 is 26.9. The van der Waals surface area contributed by atoms with Gasteiger partial charge >= 0.3 is 0 Å². The van der Waals surface area contributed by atoms with E-state index in [9.17, 15) is 13.2 Å². The Labute approximate surface area is 142 Å². The van der Waals surface area contributed by atoms with E-state index in [-0.39, 0.29) is 29.4 Å². The van der Waals surface area contributed by atoms with Gasteiger partial charge in [0.2, 0.25) is 15.9 Å². The number of nitrogens with two attached hydrogens (primary N) is 1. The molecule has 8 heteroatoms. The van der Waals surface area contributed by atoms with Crippen LogP contribution < -0.4 is 11.1 Å². The summed E-state index contributed by atoms with van der Waals surface area (Å²) >= 11 is 6.04. The van der Waals surface area contributed by atoms with Crippen molar-refractivity contribution in [1.29, 1.82) is 0 Å². The third-order valence-electron chi connectivity index (χ3n) is 3.77. The minimum atomic E-state index is -3.83. The molecule has 1 aliphatic rings. The summed E-state index contributed by atoms with van der Waals surface area (Å²) in [5, 5.41) is 3.13. The second-order valence-corrected chi connectivity index (χ2v) is 8.46. The van der Waals surface area contributed by atoms with Gasteiger partial charge in [-0.3, -0.25) is 4.79 Å². The number of aryl methyl sites for hydroxylation is 1. The molecule has 0 saturated carbocycles. The normalized spacial score (nSPS) is 22.5. The van der Waals surface area contributed by atoms with E-state index in [1.54, 1.807) is 13.0 Å². The highest BCUT2D eigenvalue weighted by atomic mass is 35.5. The lowest BCUT2D eigenvalue weighted by molar-refractivity contribution is -0.124. The molecule has 1 saturated heterocycles. The van der Waals surface area contributed by atoms with Crippen molar-refractivity contribution in [2.75, 3.05) is 6.54 Å². The fourth-order valence-electron chi connectivity index (χ4n) is 2.59. The van der Waals surface area contributed by atoms with Gasteiger partial charge in [0, 0.05) is 23.7 Å². The predicted octanol–water partition coefficient (Wildman–Crippen LogP) is 1.26. The van der Waals surface area contributed by atoms with Crippen LogP contribution in [0.25, 0.3) is 0 Å². The van der Waals surface area contributed by atoms with Crippen LogP contribution in [0.1, 0.15) is 25.8 Å². The molecule has 3 N–H and O–H groups in total. The first-order chi connectivity index (χ1) is 10.6. The third-order valence-corrected chi connectivity index (χ3v) is 6.05. The average Bonchev–Trinajstić information content (AvgIpc) is 2.84. The topological polar surface area (TPSA) is 92.5 Å². The van der Waals surface area contributed by atoms with Crippen LogP contribution in [0.5, 0.6) is 0 Å². The van der Waals surface area contributed by atoms with Crippen molar-refractivity contribution in [3.8, 4) is 0 Å². The molecule has 6 nitrogen and oxygen atoms in total. The zero-order valence-corrected chi connectivity index (χ0v) is 15.0. The van der Waals surface area contributed by atoms with Crippen molar-refractivity contribution < 1.29 is 13.2 Å². The van der Waals surface area contributed by atoms with Crippen LogP contribution in [0.2, 0.25) is 5.02 Å². The van der Waals surface area contributed by atoms with Gasteiger partial charge in [-0.15, -0.1) is 0 Å². The SMILES string of the molecule is Cc1ccc(S(=O)(=O)N2CC(N)CC2C(=O)NC(C)C)cc1Cl. The fourth-order valence-corrected chi connectivity index (χ4v) is 4.52. The molecule has 128 valence electrons. The number of hydrogen-bond donors (Lipinski definition) is 2. The Morgan fingerprint density at radius 1 is 1.43 bits per heavy atom. The summed E-state index contributed by atoms with van der Waals surface area (Å²) in [6.45, 7) is 5.56. The lowest BCUT2D eigenvalue weighted by atomic mass is 10.1. The van der Waals surface area contributed by atoms with E-state index in [0.717, 1.165) is 5.56 Å². The molecule has 0 radical (unpaired) electrons. The summed E-state index contributed by atoms with van der Waals surface area (Å²) in [6.07, 6.45) is 0.303. The molecule has 1 aromatic rings. The van der Waals surface area contributed by atoms with Crippen molar-refractivity contribution in [3.05, 3.63) is 28.8 Å². The van der Waals surface area contributed by atoms with Crippen LogP contribution in [0.4, 0.5) is 0 Å². The Hall–Kier alpha value is -1.15. The number of halogens is 1. The van der Waals surface area contributed by atoms with E-state index < -0.39 is 16.1 Å². The van der Waals surface area contributed by atoms with Gasteiger partial charge in [0.05, 0.1) is 4.90 Å². The smallest absolute Gasteiger partial charge is 0.243 e. The number of benzene rings is 1. The van der Waals surface area contributed by atoms with Gasteiger partial charge < -0.3 is 11.1 Å². The summed E-state index contributed by atoms with van der Waals surface area (Å²) in [6, 6.07) is 3.32. The molecule has 0 aromatic heterocycles. The Kier molecular flexibility index (Phi) is 5.35. The van der Waals surface area contributed by atoms with Crippen molar-refractivity contribution in [1.82, 2.24) is 9.62 Å². The van der Waals surface area contributed by atoms with Crippen LogP contribution in [0, 0.1) is 6.92 Å². The number of carbonyl (C=O) groups is 1. The number of nitrogens with one attached hydrogen (secondary N) is 1. The van der Waals surface area contributed by atoms with E-state index in [2.05, 4.69) is 5.32 Å². The molecule has 1 aliphatic heterocycles. The van der Waals surface area contributed by atoms with Crippen LogP contribution >= 0.6 is 11.6 Å². The standard InChI is InChI=1S/C15H22ClN3O3S/c1-9(2)18-15(20)14-6-11(17)8-19(14)23(21,22)12-5-4-10(3)13(16)7-12/h4-5,7,9,11,14H,6,8,17H2,1-3H3,(H,18,20). The molecule has 1 amide bonds. The van der Waals surface area contributed by atoms with Gasteiger partial charge in [0.1, 0.15) is 6.04 Å². The predicted molar refractivity (Wildman–Crippen MR) is 89.7 cm³/mol. The number of nitrogens with zero attached hydrogens (tertiary/aromatic N) is 1. The molecule has 0 bridgehead atoms. The summed E-state index contributed by atoms with van der Waals surface area (Å²) in [7, 11) is -3.83. The monoisotopic (exact) mass is 359 g/mol. The maximum atomic E-state index is 12.9. The van der Waals surface area contributed by atoms with Gasteiger partial charge in [-0.25, -0.2) is 8.42 Å². The molecule has 0 spiro atoms. The van der Waals surface area contributed by atoms with Crippen LogP contribution in [0.3, 0.4) is 0 Å². The molecule has 2 rings (SSSR count). The van der Waals surface area contributed by atoms with Crippen LogP contribution in [0.15, 0.2) is 23.1 Å². The van der Waals surface area contributed by atoms with Gasteiger partial charge in [-0.05, 0) is 44.9 Å². The van der Waals surface area contributed by atoms with E-state index in [1.165, 1.54) is 16.4 Å². The molecular weight excluding hydrogens is 338 g/mol. The number of hydrogen-bond acceptors (Lipinski definition) is 4. The van der Waals surface area contributed by atoms with E-state index in [1.807, 2.05) is 13.8 Å². The Bertz CT molecular complexity index is 706.